The number of nitrogens with zero attached hydrogens (tertiary/aromatic N) is 3. The molecular formula is C23H31N3O4. The summed E-state index contributed by atoms with van der Waals surface area (Å²) in [6.07, 6.45) is 5.84. The maximum absolute atomic E-state index is 12.6. The summed E-state index contributed by atoms with van der Waals surface area (Å²) in [6.45, 7) is 2.61. The molecule has 0 spiro atoms. The van der Waals surface area contributed by atoms with Crippen molar-refractivity contribution < 1.29 is 19.4 Å². The summed E-state index contributed by atoms with van der Waals surface area (Å²) in [6, 6.07) is 11.5. The summed E-state index contributed by atoms with van der Waals surface area (Å²) in [5.74, 6) is 1.87. The summed E-state index contributed by atoms with van der Waals surface area (Å²) < 4.78 is 12.1. The van der Waals surface area contributed by atoms with Gasteiger partial charge >= 0.3 is 0 Å². The third-order valence-electron chi connectivity index (χ3n) is 5.15. The summed E-state index contributed by atoms with van der Waals surface area (Å²) >= 11 is 0. The van der Waals surface area contributed by atoms with Crippen LogP contribution in [0.2, 0.25) is 0 Å². The first-order chi connectivity index (χ1) is 14.7. The number of hydrogen-bond donors (Lipinski definition) is 1. The number of pyridine rings is 1. The van der Waals surface area contributed by atoms with Crippen molar-refractivity contribution in [1.29, 1.82) is 0 Å². The number of ether oxygens (including phenoxy) is 2. The van der Waals surface area contributed by atoms with Crippen molar-refractivity contribution >= 4 is 5.91 Å². The normalized spacial score (nSPS) is 15.7. The Hall–Kier alpha value is -2.64. The summed E-state index contributed by atoms with van der Waals surface area (Å²) in [7, 11) is 1.72. The summed E-state index contributed by atoms with van der Waals surface area (Å²) in [5.41, 5.74) is 0.918. The fourth-order valence-corrected chi connectivity index (χ4v) is 3.41. The van der Waals surface area contributed by atoms with Gasteiger partial charge in [-0.2, -0.15) is 0 Å². The largest absolute Gasteiger partial charge is 0.490 e. The van der Waals surface area contributed by atoms with Crippen LogP contribution in [0.5, 0.6) is 17.4 Å². The molecule has 1 aliphatic rings. The molecule has 0 fully saturated rings. The molecule has 30 heavy (non-hydrogen) atoms. The van der Waals surface area contributed by atoms with Gasteiger partial charge in [-0.05, 0) is 37.6 Å². The standard InChI is InChI=1S/C23H31N3O4/c1-25(14-15-27)22(28)18-26-13-6-2-3-7-16-29-20-10-4-5-11-21(20)30-23-19(17-26)9-8-12-24-23/h4-5,8-12,27H,2-3,6-7,13-18H2,1H3. The van der Waals surface area contributed by atoms with Gasteiger partial charge in [-0.15, -0.1) is 0 Å². The van der Waals surface area contributed by atoms with Gasteiger partial charge in [-0.3, -0.25) is 9.69 Å². The summed E-state index contributed by atoms with van der Waals surface area (Å²) in [5, 5.41) is 9.12. The van der Waals surface area contributed by atoms with E-state index in [2.05, 4.69) is 9.88 Å². The lowest BCUT2D eigenvalue weighted by molar-refractivity contribution is -0.131. The molecule has 0 unspecified atom stereocenters. The number of amides is 1. The average Bonchev–Trinajstić information content (AvgIpc) is 2.75. The lowest BCUT2D eigenvalue weighted by atomic mass is 10.1. The Morgan fingerprint density at radius 2 is 1.93 bits per heavy atom. The van der Waals surface area contributed by atoms with E-state index in [4.69, 9.17) is 14.6 Å². The second-order valence-electron chi connectivity index (χ2n) is 7.53. The molecule has 7 nitrogen and oxygen atoms in total. The molecule has 2 heterocycles. The van der Waals surface area contributed by atoms with Crippen LogP contribution in [-0.4, -0.2) is 65.7 Å². The predicted molar refractivity (Wildman–Crippen MR) is 115 cm³/mol. The molecule has 2 aromatic rings. The van der Waals surface area contributed by atoms with Gasteiger partial charge in [0.1, 0.15) is 0 Å². The van der Waals surface area contributed by atoms with E-state index < -0.39 is 0 Å². The topological polar surface area (TPSA) is 75.1 Å². The van der Waals surface area contributed by atoms with Crippen LogP contribution in [0.3, 0.4) is 0 Å². The molecule has 0 bridgehead atoms. The molecule has 1 N–H and O–H groups in total. The Labute approximate surface area is 178 Å². The lowest BCUT2D eigenvalue weighted by Gasteiger charge is -2.25. The molecule has 1 aromatic heterocycles. The van der Waals surface area contributed by atoms with E-state index in [1.54, 1.807) is 18.1 Å². The molecule has 1 aromatic carbocycles. The van der Waals surface area contributed by atoms with Gasteiger partial charge in [0.25, 0.3) is 0 Å². The van der Waals surface area contributed by atoms with Crippen molar-refractivity contribution in [3.8, 4) is 17.4 Å². The number of hydrogen-bond acceptors (Lipinski definition) is 6. The fraction of sp³-hybridized carbons (Fsp3) is 0.478. The molecule has 0 aliphatic carbocycles. The van der Waals surface area contributed by atoms with Crippen LogP contribution in [0.1, 0.15) is 31.2 Å². The Morgan fingerprint density at radius 1 is 1.13 bits per heavy atom. The first-order valence-corrected chi connectivity index (χ1v) is 10.6. The number of carbonyl (C=O) groups is 1. The maximum atomic E-state index is 12.6. The molecule has 3 rings (SSSR count). The van der Waals surface area contributed by atoms with Crippen molar-refractivity contribution in [3.63, 3.8) is 0 Å². The number of aliphatic hydroxyl groups excluding tert-OH is 1. The van der Waals surface area contributed by atoms with Crippen molar-refractivity contribution in [1.82, 2.24) is 14.8 Å². The Kier molecular flexibility index (Phi) is 8.47. The number of fused-ring (bicyclic) bond motifs is 2. The van der Waals surface area contributed by atoms with E-state index >= 15 is 0 Å². The van der Waals surface area contributed by atoms with Gasteiger partial charge < -0.3 is 19.5 Å². The van der Waals surface area contributed by atoms with Crippen LogP contribution in [0, 0.1) is 0 Å². The fourth-order valence-electron chi connectivity index (χ4n) is 3.41. The minimum atomic E-state index is -0.0374. The highest BCUT2D eigenvalue weighted by Gasteiger charge is 2.18. The van der Waals surface area contributed by atoms with Crippen LogP contribution < -0.4 is 9.47 Å². The first-order valence-electron chi connectivity index (χ1n) is 10.6. The van der Waals surface area contributed by atoms with Gasteiger partial charge in [-0.1, -0.05) is 31.0 Å². The average molecular weight is 414 g/mol. The highest BCUT2D eigenvalue weighted by atomic mass is 16.5. The van der Waals surface area contributed by atoms with Gasteiger partial charge in [0.05, 0.1) is 19.8 Å². The van der Waals surface area contributed by atoms with Crippen LogP contribution in [0.15, 0.2) is 42.6 Å². The molecular weight excluding hydrogens is 382 g/mol. The first kappa shape index (κ1) is 22.1. The highest BCUT2D eigenvalue weighted by molar-refractivity contribution is 5.78. The van der Waals surface area contributed by atoms with Crippen LogP contribution in [0.4, 0.5) is 0 Å². The number of likely N-dealkylation sites (N-methyl/N-ethyl adjacent to an activating group) is 1. The zero-order valence-electron chi connectivity index (χ0n) is 17.6. The van der Waals surface area contributed by atoms with Crippen molar-refractivity contribution in [2.45, 2.75) is 32.2 Å². The molecule has 1 aliphatic heterocycles. The van der Waals surface area contributed by atoms with Gasteiger partial charge in [0.2, 0.25) is 11.8 Å². The van der Waals surface area contributed by atoms with E-state index in [0.717, 1.165) is 37.8 Å². The Morgan fingerprint density at radius 3 is 2.77 bits per heavy atom. The minimum absolute atomic E-state index is 0.00438. The number of benzene rings is 1. The van der Waals surface area contributed by atoms with Crippen molar-refractivity contribution in [2.75, 3.05) is 39.9 Å². The number of aromatic nitrogens is 1. The molecule has 7 heteroatoms. The molecule has 0 atom stereocenters. The molecule has 0 saturated carbocycles. The van der Waals surface area contributed by atoms with E-state index in [1.165, 1.54) is 0 Å². The zero-order valence-corrected chi connectivity index (χ0v) is 17.6. The molecule has 162 valence electrons. The van der Waals surface area contributed by atoms with Crippen LogP contribution in [0.25, 0.3) is 0 Å². The highest BCUT2D eigenvalue weighted by Crippen LogP contribution is 2.32. The lowest BCUT2D eigenvalue weighted by Crippen LogP contribution is -2.39. The molecule has 0 radical (unpaired) electrons. The number of para-hydroxylation sites is 2. The second-order valence-corrected chi connectivity index (χ2v) is 7.53. The smallest absolute Gasteiger partial charge is 0.236 e. The number of aliphatic hydroxyl groups is 1. The van der Waals surface area contributed by atoms with Crippen molar-refractivity contribution in [3.05, 3.63) is 48.2 Å². The molecule has 0 saturated heterocycles. The van der Waals surface area contributed by atoms with Crippen molar-refractivity contribution in [2.24, 2.45) is 0 Å². The number of rotatable bonds is 4. The minimum Gasteiger partial charge on any atom is -0.490 e. The van der Waals surface area contributed by atoms with Crippen LogP contribution in [-0.2, 0) is 11.3 Å². The quantitative estimate of drug-likeness (QED) is 0.830. The maximum Gasteiger partial charge on any atom is 0.236 e. The van der Waals surface area contributed by atoms with Gasteiger partial charge in [-0.25, -0.2) is 4.98 Å². The van der Waals surface area contributed by atoms with E-state index in [1.807, 2.05) is 36.4 Å². The second kappa shape index (κ2) is 11.5. The Bertz CT molecular complexity index is 815. The third-order valence-corrected chi connectivity index (χ3v) is 5.15. The SMILES string of the molecule is CN(CCO)C(=O)CN1CCCCCCOc2ccccc2Oc2ncccc2C1. The monoisotopic (exact) mass is 413 g/mol. The number of carbonyl (C=O) groups excluding carboxylic acids is 1. The van der Waals surface area contributed by atoms with E-state index in [0.29, 0.717) is 43.6 Å². The van der Waals surface area contributed by atoms with E-state index in [9.17, 15) is 4.79 Å². The summed E-state index contributed by atoms with van der Waals surface area (Å²) in [4.78, 5) is 20.7. The van der Waals surface area contributed by atoms with Crippen LogP contribution >= 0.6 is 0 Å². The molecule has 1 amide bonds. The van der Waals surface area contributed by atoms with E-state index in [-0.39, 0.29) is 12.5 Å². The van der Waals surface area contributed by atoms with Gasteiger partial charge in [0.15, 0.2) is 11.5 Å². The zero-order chi connectivity index (χ0) is 21.2. The Balaban J connectivity index is 1.82. The third kappa shape index (κ3) is 6.43. The predicted octanol–water partition coefficient (Wildman–Crippen LogP) is 3.08. The van der Waals surface area contributed by atoms with Gasteiger partial charge in [0, 0.05) is 31.9 Å².